The number of aromatic nitrogens is 2. The number of benzene rings is 1. The minimum Gasteiger partial charge on any atom is -0.399 e. The normalized spacial score (nSPS) is 11.1. The lowest BCUT2D eigenvalue weighted by atomic mass is 10.2. The van der Waals surface area contributed by atoms with Crippen LogP contribution >= 0.6 is 0 Å². The van der Waals surface area contributed by atoms with Gasteiger partial charge in [0.05, 0.1) is 11.0 Å². The highest BCUT2D eigenvalue weighted by atomic mass is 16.2. The first-order valence-electron chi connectivity index (χ1n) is 6.28. The number of hydrogen-bond donors (Lipinski definition) is 3. The SMILES string of the molecule is CC(C)c1nc2cc(N)ccc2n1CCNC(N)=O. The number of urea groups is 1. The number of anilines is 1. The maximum absolute atomic E-state index is 10.7. The van der Waals surface area contributed by atoms with Gasteiger partial charge >= 0.3 is 6.03 Å². The summed E-state index contributed by atoms with van der Waals surface area (Å²) < 4.78 is 2.09. The van der Waals surface area contributed by atoms with E-state index in [1.165, 1.54) is 0 Å². The van der Waals surface area contributed by atoms with Gasteiger partial charge in [-0.15, -0.1) is 0 Å². The highest BCUT2D eigenvalue weighted by Crippen LogP contribution is 2.23. The number of nitrogens with one attached hydrogen (secondary N) is 1. The summed E-state index contributed by atoms with van der Waals surface area (Å²) in [6.07, 6.45) is 0. The molecule has 0 aliphatic carbocycles. The summed E-state index contributed by atoms with van der Waals surface area (Å²) in [5.74, 6) is 1.27. The first-order chi connectivity index (χ1) is 8.99. The van der Waals surface area contributed by atoms with Crippen LogP contribution in [-0.2, 0) is 6.54 Å². The van der Waals surface area contributed by atoms with Gasteiger partial charge in [0.25, 0.3) is 0 Å². The Bertz CT molecular complexity index is 602. The number of nitrogens with zero attached hydrogens (tertiary/aromatic N) is 2. The highest BCUT2D eigenvalue weighted by Gasteiger charge is 2.13. The van der Waals surface area contributed by atoms with E-state index in [2.05, 4.69) is 28.7 Å². The second kappa shape index (κ2) is 5.17. The summed E-state index contributed by atoms with van der Waals surface area (Å²) in [5, 5.41) is 2.59. The van der Waals surface area contributed by atoms with Gasteiger partial charge < -0.3 is 21.4 Å². The quantitative estimate of drug-likeness (QED) is 0.725. The third kappa shape index (κ3) is 2.78. The number of rotatable bonds is 4. The minimum absolute atomic E-state index is 0.294. The van der Waals surface area contributed by atoms with Crippen molar-refractivity contribution in [2.24, 2.45) is 5.73 Å². The average Bonchev–Trinajstić information content (AvgIpc) is 2.67. The van der Waals surface area contributed by atoms with Gasteiger partial charge in [0.1, 0.15) is 5.82 Å². The van der Waals surface area contributed by atoms with E-state index in [1.54, 1.807) is 0 Å². The van der Waals surface area contributed by atoms with E-state index in [0.29, 0.717) is 24.7 Å². The summed E-state index contributed by atoms with van der Waals surface area (Å²) in [6.45, 7) is 5.28. The first-order valence-corrected chi connectivity index (χ1v) is 6.28. The summed E-state index contributed by atoms with van der Waals surface area (Å²) in [5.41, 5.74) is 13.4. The number of nitrogens with two attached hydrogens (primary N) is 2. The highest BCUT2D eigenvalue weighted by molar-refractivity contribution is 5.79. The second-order valence-corrected chi connectivity index (χ2v) is 4.82. The van der Waals surface area contributed by atoms with E-state index in [9.17, 15) is 4.79 Å². The molecule has 2 amide bonds. The molecule has 0 aliphatic heterocycles. The number of carbonyl (C=O) groups excluding carboxylic acids is 1. The number of fused-ring (bicyclic) bond motifs is 1. The smallest absolute Gasteiger partial charge is 0.312 e. The molecule has 0 saturated heterocycles. The molecule has 2 rings (SSSR count). The Balaban J connectivity index is 2.37. The van der Waals surface area contributed by atoms with Gasteiger partial charge in [0.2, 0.25) is 0 Å². The molecule has 6 nitrogen and oxygen atoms in total. The molecule has 0 unspecified atom stereocenters. The number of carbonyl (C=O) groups is 1. The molecule has 19 heavy (non-hydrogen) atoms. The van der Waals surface area contributed by atoms with Gasteiger partial charge in [-0.05, 0) is 18.2 Å². The molecule has 0 saturated carbocycles. The third-order valence-electron chi connectivity index (χ3n) is 2.95. The Morgan fingerprint density at radius 3 is 2.84 bits per heavy atom. The second-order valence-electron chi connectivity index (χ2n) is 4.82. The van der Waals surface area contributed by atoms with Gasteiger partial charge in [0, 0.05) is 24.7 Å². The fraction of sp³-hybridized carbons (Fsp3) is 0.385. The molecule has 0 aliphatic rings. The van der Waals surface area contributed by atoms with Crippen molar-refractivity contribution in [3.63, 3.8) is 0 Å². The van der Waals surface area contributed by atoms with Crippen molar-refractivity contribution >= 4 is 22.8 Å². The molecular weight excluding hydrogens is 242 g/mol. The number of primary amides is 1. The Morgan fingerprint density at radius 1 is 1.47 bits per heavy atom. The van der Waals surface area contributed by atoms with Crippen LogP contribution in [0.5, 0.6) is 0 Å². The van der Waals surface area contributed by atoms with Gasteiger partial charge in [-0.2, -0.15) is 0 Å². The molecule has 1 aromatic carbocycles. The molecule has 0 spiro atoms. The lowest BCUT2D eigenvalue weighted by Crippen LogP contribution is -2.32. The van der Waals surface area contributed by atoms with Crippen LogP contribution in [0.4, 0.5) is 10.5 Å². The van der Waals surface area contributed by atoms with Crippen LogP contribution < -0.4 is 16.8 Å². The largest absolute Gasteiger partial charge is 0.399 e. The monoisotopic (exact) mass is 261 g/mol. The average molecular weight is 261 g/mol. The zero-order valence-electron chi connectivity index (χ0n) is 11.2. The number of hydrogen-bond acceptors (Lipinski definition) is 3. The minimum atomic E-state index is -0.514. The summed E-state index contributed by atoms with van der Waals surface area (Å²) in [7, 11) is 0. The Labute approximate surface area is 111 Å². The van der Waals surface area contributed by atoms with Crippen molar-refractivity contribution in [3.8, 4) is 0 Å². The summed E-state index contributed by atoms with van der Waals surface area (Å²) in [4.78, 5) is 15.3. The van der Waals surface area contributed by atoms with E-state index in [4.69, 9.17) is 11.5 Å². The number of nitrogen functional groups attached to an aromatic ring is 1. The number of amides is 2. The predicted octanol–water partition coefficient (Wildman–Crippen LogP) is 1.41. The van der Waals surface area contributed by atoms with Gasteiger partial charge in [-0.3, -0.25) is 0 Å². The Kier molecular flexibility index (Phi) is 3.59. The standard InChI is InChI=1S/C13H19N5O/c1-8(2)12-17-10-7-9(14)3-4-11(10)18(12)6-5-16-13(15)19/h3-4,7-8H,5-6,14H2,1-2H3,(H3,15,16,19). The summed E-state index contributed by atoms with van der Waals surface area (Å²) in [6, 6.07) is 5.15. The maximum atomic E-state index is 10.7. The molecule has 102 valence electrons. The summed E-state index contributed by atoms with van der Waals surface area (Å²) >= 11 is 0. The third-order valence-corrected chi connectivity index (χ3v) is 2.95. The molecule has 5 N–H and O–H groups in total. The molecule has 1 aromatic heterocycles. The van der Waals surface area contributed by atoms with Gasteiger partial charge in [-0.25, -0.2) is 9.78 Å². The topological polar surface area (TPSA) is 99.0 Å². The molecule has 0 atom stereocenters. The van der Waals surface area contributed by atoms with Crippen LogP contribution in [0.25, 0.3) is 11.0 Å². The van der Waals surface area contributed by atoms with Crippen LogP contribution in [0.2, 0.25) is 0 Å². The van der Waals surface area contributed by atoms with Crippen molar-refractivity contribution in [1.29, 1.82) is 0 Å². The van der Waals surface area contributed by atoms with Crippen molar-refractivity contribution in [1.82, 2.24) is 14.9 Å². The molecule has 0 radical (unpaired) electrons. The van der Waals surface area contributed by atoms with Crippen LogP contribution in [0.3, 0.4) is 0 Å². The maximum Gasteiger partial charge on any atom is 0.312 e. The Hall–Kier alpha value is -2.24. The van der Waals surface area contributed by atoms with E-state index in [1.807, 2.05) is 18.2 Å². The molecule has 6 heteroatoms. The van der Waals surface area contributed by atoms with Crippen LogP contribution in [0.15, 0.2) is 18.2 Å². The molecule has 1 heterocycles. The molecule has 0 bridgehead atoms. The fourth-order valence-corrected chi connectivity index (χ4v) is 2.13. The molecule has 2 aromatic rings. The zero-order chi connectivity index (χ0) is 14.0. The molecular formula is C13H19N5O. The number of imidazole rings is 1. The Morgan fingerprint density at radius 2 is 2.21 bits per heavy atom. The predicted molar refractivity (Wildman–Crippen MR) is 75.8 cm³/mol. The fourth-order valence-electron chi connectivity index (χ4n) is 2.13. The van der Waals surface area contributed by atoms with E-state index in [0.717, 1.165) is 16.9 Å². The van der Waals surface area contributed by atoms with Crippen molar-refractivity contribution in [2.75, 3.05) is 12.3 Å². The van der Waals surface area contributed by atoms with Gasteiger partial charge in [-0.1, -0.05) is 13.8 Å². The van der Waals surface area contributed by atoms with E-state index >= 15 is 0 Å². The van der Waals surface area contributed by atoms with E-state index in [-0.39, 0.29) is 0 Å². The van der Waals surface area contributed by atoms with E-state index < -0.39 is 6.03 Å². The zero-order valence-corrected chi connectivity index (χ0v) is 11.2. The van der Waals surface area contributed by atoms with Gasteiger partial charge in [0.15, 0.2) is 0 Å². The van der Waals surface area contributed by atoms with Crippen molar-refractivity contribution in [3.05, 3.63) is 24.0 Å². The lowest BCUT2D eigenvalue weighted by molar-refractivity contribution is 0.248. The molecule has 0 fully saturated rings. The van der Waals surface area contributed by atoms with Crippen LogP contribution in [0, 0.1) is 0 Å². The van der Waals surface area contributed by atoms with Crippen LogP contribution in [-0.4, -0.2) is 22.1 Å². The van der Waals surface area contributed by atoms with Crippen LogP contribution in [0.1, 0.15) is 25.6 Å². The van der Waals surface area contributed by atoms with Crippen molar-refractivity contribution < 1.29 is 4.79 Å². The van der Waals surface area contributed by atoms with Crippen molar-refractivity contribution in [2.45, 2.75) is 26.3 Å². The first kappa shape index (κ1) is 13.2. The lowest BCUT2D eigenvalue weighted by Gasteiger charge is -2.11.